The Morgan fingerprint density at radius 2 is 1.86 bits per heavy atom. The van der Waals surface area contributed by atoms with E-state index in [9.17, 15) is 12.3 Å². The lowest BCUT2D eigenvalue weighted by Gasteiger charge is -2.00. The quantitative estimate of drug-likeness (QED) is 0.675. The summed E-state index contributed by atoms with van der Waals surface area (Å²) in [7, 11) is -4.65. The van der Waals surface area contributed by atoms with Crippen molar-refractivity contribution in [1.82, 2.24) is 0 Å². The summed E-state index contributed by atoms with van der Waals surface area (Å²) in [6.45, 7) is 0. The average molecular weight is 209 g/mol. The van der Waals surface area contributed by atoms with Crippen LogP contribution in [0.15, 0.2) is 41.3 Å². The van der Waals surface area contributed by atoms with Crippen LogP contribution in [0.4, 0.5) is 3.89 Å². The van der Waals surface area contributed by atoms with E-state index in [-0.39, 0.29) is 4.90 Å². The maximum Gasteiger partial charge on any atom is 0.332 e. The zero-order chi connectivity index (χ0) is 10.2. The van der Waals surface area contributed by atoms with Crippen LogP contribution in [0.5, 0.6) is 0 Å². The summed E-state index contributed by atoms with van der Waals surface area (Å²) in [5.74, 6) is 0. The Kier molecular flexibility index (Phi) is 2.00. The van der Waals surface area contributed by atoms with Crippen molar-refractivity contribution >= 4 is 21.0 Å². The molecule has 2 nitrogen and oxygen atoms in total. The average Bonchev–Trinajstić information content (AvgIpc) is 2.15. The SMILES string of the molecule is O=S(=O)(F)c1cc[c]c2ccccc12. The van der Waals surface area contributed by atoms with Gasteiger partial charge < -0.3 is 0 Å². The normalized spacial score (nSPS) is 11.8. The highest BCUT2D eigenvalue weighted by Gasteiger charge is 2.14. The smallest absolute Gasteiger partial charge is 0.189 e. The van der Waals surface area contributed by atoms with Gasteiger partial charge in [-0.25, -0.2) is 0 Å². The summed E-state index contributed by atoms with van der Waals surface area (Å²) in [6.07, 6.45) is 0. The molecule has 0 aromatic heterocycles. The van der Waals surface area contributed by atoms with Gasteiger partial charge in [0.15, 0.2) is 0 Å². The lowest BCUT2D eigenvalue weighted by Crippen LogP contribution is -1.92. The van der Waals surface area contributed by atoms with Crippen LogP contribution in [0.25, 0.3) is 10.8 Å². The largest absolute Gasteiger partial charge is 0.332 e. The van der Waals surface area contributed by atoms with Crippen molar-refractivity contribution in [3.8, 4) is 0 Å². The molecule has 0 bridgehead atoms. The van der Waals surface area contributed by atoms with Gasteiger partial charge in [0.2, 0.25) is 0 Å². The third kappa shape index (κ3) is 1.48. The molecule has 0 spiro atoms. The van der Waals surface area contributed by atoms with Crippen molar-refractivity contribution in [3.63, 3.8) is 0 Å². The predicted octanol–water partition coefficient (Wildman–Crippen LogP) is 2.30. The van der Waals surface area contributed by atoms with Crippen LogP contribution in [0.2, 0.25) is 0 Å². The van der Waals surface area contributed by atoms with Crippen LogP contribution in [-0.4, -0.2) is 8.42 Å². The molecule has 71 valence electrons. The molecule has 0 heterocycles. The molecule has 0 amide bonds. The first-order valence-corrected chi connectivity index (χ1v) is 5.31. The number of hydrogen-bond donors (Lipinski definition) is 0. The van der Waals surface area contributed by atoms with Crippen molar-refractivity contribution < 1.29 is 12.3 Å². The van der Waals surface area contributed by atoms with Gasteiger partial charge in [-0.2, -0.15) is 8.42 Å². The Morgan fingerprint density at radius 3 is 2.57 bits per heavy atom. The van der Waals surface area contributed by atoms with Crippen molar-refractivity contribution in [2.24, 2.45) is 0 Å². The molecule has 0 aliphatic carbocycles. The highest BCUT2D eigenvalue weighted by atomic mass is 32.3. The van der Waals surface area contributed by atoms with E-state index in [2.05, 4.69) is 6.07 Å². The maximum atomic E-state index is 12.8. The fourth-order valence-electron chi connectivity index (χ4n) is 1.33. The van der Waals surface area contributed by atoms with Crippen LogP contribution >= 0.6 is 0 Å². The predicted molar refractivity (Wildman–Crippen MR) is 51.1 cm³/mol. The summed E-state index contributed by atoms with van der Waals surface area (Å²) in [4.78, 5) is -0.299. The highest BCUT2D eigenvalue weighted by Crippen LogP contribution is 2.23. The summed E-state index contributed by atoms with van der Waals surface area (Å²) in [5, 5.41) is 0.948. The summed E-state index contributed by atoms with van der Waals surface area (Å²) >= 11 is 0. The van der Waals surface area contributed by atoms with Crippen molar-refractivity contribution in [2.75, 3.05) is 0 Å². The van der Waals surface area contributed by atoms with E-state index in [4.69, 9.17) is 0 Å². The molecule has 0 unspecified atom stereocenters. The van der Waals surface area contributed by atoms with E-state index in [1.807, 2.05) is 0 Å². The van der Waals surface area contributed by atoms with Crippen LogP contribution < -0.4 is 0 Å². The molecule has 0 saturated heterocycles. The lowest BCUT2D eigenvalue weighted by molar-refractivity contribution is 0.553. The van der Waals surface area contributed by atoms with E-state index in [0.29, 0.717) is 10.8 Å². The second-order valence-electron chi connectivity index (χ2n) is 2.83. The monoisotopic (exact) mass is 209 g/mol. The molecule has 2 rings (SSSR count). The maximum absolute atomic E-state index is 12.8. The van der Waals surface area contributed by atoms with Gasteiger partial charge in [0.25, 0.3) is 0 Å². The number of rotatable bonds is 1. The Morgan fingerprint density at radius 1 is 1.14 bits per heavy atom. The third-order valence-electron chi connectivity index (χ3n) is 1.93. The zero-order valence-corrected chi connectivity index (χ0v) is 7.88. The molecule has 0 aliphatic heterocycles. The van der Waals surface area contributed by atoms with Crippen molar-refractivity contribution in [3.05, 3.63) is 42.5 Å². The highest BCUT2D eigenvalue weighted by molar-refractivity contribution is 7.86. The summed E-state index contributed by atoms with van der Waals surface area (Å²) in [6, 6.07) is 12.1. The Hall–Kier alpha value is -1.42. The number of halogens is 1. The lowest BCUT2D eigenvalue weighted by atomic mass is 10.1. The van der Waals surface area contributed by atoms with Gasteiger partial charge in [0, 0.05) is 5.39 Å². The Balaban J connectivity index is 2.92. The molecular weight excluding hydrogens is 203 g/mol. The molecule has 0 atom stereocenters. The number of hydrogen-bond acceptors (Lipinski definition) is 2. The minimum atomic E-state index is -4.65. The molecule has 4 heteroatoms. The minimum absolute atomic E-state index is 0.299. The third-order valence-corrected chi connectivity index (χ3v) is 2.81. The van der Waals surface area contributed by atoms with E-state index in [1.54, 1.807) is 24.3 Å². The number of fused-ring (bicyclic) bond motifs is 1. The fourth-order valence-corrected chi connectivity index (χ4v) is 2.00. The van der Waals surface area contributed by atoms with Crippen LogP contribution in [0.3, 0.4) is 0 Å². The van der Waals surface area contributed by atoms with Crippen LogP contribution in [0.1, 0.15) is 0 Å². The summed E-state index contributed by atoms with van der Waals surface area (Å²) in [5.41, 5.74) is 0. The molecule has 0 fully saturated rings. The van der Waals surface area contributed by atoms with Gasteiger partial charge in [0.1, 0.15) is 4.90 Å². The van der Waals surface area contributed by atoms with Gasteiger partial charge in [-0.3, -0.25) is 0 Å². The van der Waals surface area contributed by atoms with E-state index in [1.165, 1.54) is 12.1 Å². The number of benzene rings is 2. The van der Waals surface area contributed by atoms with E-state index < -0.39 is 10.2 Å². The summed E-state index contributed by atoms with van der Waals surface area (Å²) < 4.78 is 34.3. The second kappa shape index (κ2) is 3.06. The molecule has 2 aromatic carbocycles. The topological polar surface area (TPSA) is 34.1 Å². The standard InChI is InChI=1S/C10H6FO2S/c11-14(12,13)10-7-3-5-8-4-1-2-6-9(8)10/h1-4,6-7H. The molecule has 1 radical (unpaired) electrons. The van der Waals surface area contributed by atoms with E-state index in [0.717, 1.165) is 0 Å². The zero-order valence-electron chi connectivity index (χ0n) is 7.07. The van der Waals surface area contributed by atoms with Gasteiger partial charge >= 0.3 is 10.2 Å². The Labute approximate surface area is 81.2 Å². The molecule has 0 aliphatic rings. The second-order valence-corrected chi connectivity index (χ2v) is 4.14. The van der Waals surface area contributed by atoms with Gasteiger partial charge in [-0.05, 0) is 17.5 Å². The van der Waals surface area contributed by atoms with Gasteiger partial charge in [-0.1, -0.05) is 30.3 Å². The molecule has 0 N–H and O–H groups in total. The molecule has 14 heavy (non-hydrogen) atoms. The van der Waals surface area contributed by atoms with Gasteiger partial charge in [0.05, 0.1) is 0 Å². The Bertz CT molecular complexity index is 570. The fraction of sp³-hybridized carbons (Fsp3) is 0. The molecule has 2 aromatic rings. The van der Waals surface area contributed by atoms with Crippen LogP contribution in [-0.2, 0) is 10.2 Å². The molecule has 0 saturated carbocycles. The van der Waals surface area contributed by atoms with Gasteiger partial charge in [-0.15, -0.1) is 3.89 Å². The molecular formula is C10H6FO2S. The first kappa shape index (κ1) is 9.15. The minimum Gasteiger partial charge on any atom is -0.189 e. The van der Waals surface area contributed by atoms with Crippen molar-refractivity contribution in [1.29, 1.82) is 0 Å². The van der Waals surface area contributed by atoms with E-state index >= 15 is 0 Å². The van der Waals surface area contributed by atoms with Crippen molar-refractivity contribution in [2.45, 2.75) is 4.90 Å². The first-order valence-electron chi connectivity index (χ1n) is 3.93. The van der Waals surface area contributed by atoms with Crippen LogP contribution in [0, 0.1) is 6.07 Å². The first-order chi connectivity index (χ1) is 6.59.